The maximum atomic E-state index is 14.2. The number of urea groups is 1. The van der Waals surface area contributed by atoms with E-state index in [4.69, 9.17) is 0 Å². The molecule has 1 aliphatic rings. The first kappa shape index (κ1) is 20.9. The molecule has 0 aliphatic carbocycles. The van der Waals surface area contributed by atoms with Crippen LogP contribution in [0.5, 0.6) is 5.75 Å². The molecule has 0 spiro atoms. The molecule has 29 heavy (non-hydrogen) atoms. The molecule has 0 saturated carbocycles. The second-order valence-electron chi connectivity index (χ2n) is 7.03. The highest BCUT2D eigenvalue weighted by atomic mass is 32.2. The van der Waals surface area contributed by atoms with Crippen LogP contribution in [0.25, 0.3) is 0 Å². The highest BCUT2D eigenvalue weighted by Crippen LogP contribution is 2.29. The van der Waals surface area contributed by atoms with E-state index in [9.17, 15) is 27.8 Å². The van der Waals surface area contributed by atoms with Gasteiger partial charge >= 0.3 is 6.03 Å². The van der Waals surface area contributed by atoms with Crippen molar-refractivity contribution < 1.29 is 27.8 Å². The van der Waals surface area contributed by atoms with Crippen molar-refractivity contribution in [2.24, 2.45) is 0 Å². The second-order valence-corrected chi connectivity index (χ2v) is 9.04. The minimum absolute atomic E-state index is 0.0202. The van der Waals surface area contributed by atoms with Gasteiger partial charge in [0.15, 0.2) is 0 Å². The Bertz CT molecular complexity index is 1030. The summed E-state index contributed by atoms with van der Waals surface area (Å²) < 4.78 is 39.5. The summed E-state index contributed by atoms with van der Waals surface area (Å²) in [6.07, 6.45) is 0.474. The quantitative estimate of drug-likeness (QED) is 0.587. The molecule has 1 fully saturated rings. The standard InChI is InChI=1S/C19H22FN3O5S/c1-19(12-24,13-4-2-5-15(25)10-13)22-18(26)21-17-11-14(6-7-16(17)20)23-8-3-9-29(23,27)28/h2,4-7,10-11,24-25H,3,8-9,12H2,1H3,(H2,21,22,26). The van der Waals surface area contributed by atoms with E-state index >= 15 is 0 Å². The van der Waals surface area contributed by atoms with E-state index in [0.29, 0.717) is 18.5 Å². The Kier molecular flexibility index (Phi) is 5.67. The minimum atomic E-state index is -3.45. The number of carbonyl (C=O) groups is 1. The van der Waals surface area contributed by atoms with Crippen LogP contribution in [0, 0.1) is 5.82 Å². The molecule has 4 N–H and O–H groups in total. The van der Waals surface area contributed by atoms with E-state index in [0.717, 1.165) is 6.07 Å². The Balaban J connectivity index is 1.80. The molecule has 1 atom stereocenters. The second kappa shape index (κ2) is 7.88. The first-order chi connectivity index (χ1) is 13.6. The lowest BCUT2D eigenvalue weighted by atomic mass is 9.93. The number of nitrogens with one attached hydrogen (secondary N) is 2. The summed E-state index contributed by atoms with van der Waals surface area (Å²) in [4.78, 5) is 12.5. The van der Waals surface area contributed by atoms with Gasteiger partial charge in [0.1, 0.15) is 11.6 Å². The van der Waals surface area contributed by atoms with Crippen molar-refractivity contribution in [3.63, 3.8) is 0 Å². The fraction of sp³-hybridized carbons (Fsp3) is 0.316. The summed E-state index contributed by atoms with van der Waals surface area (Å²) in [6.45, 7) is 1.36. The maximum Gasteiger partial charge on any atom is 0.320 e. The lowest BCUT2D eigenvalue weighted by Gasteiger charge is -2.29. The van der Waals surface area contributed by atoms with Crippen LogP contribution in [0.3, 0.4) is 0 Å². The zero-order valence-corrected chi connectivity index (χ0v) is 16.5. The van der Waals surface area contributed by atoms with Gasteiger partial charge in [-0.25, -0.2) is 17.6 Å². The SMILES string of the molecule is CC(CO)(NC(=O)Nc1cc(N2CCCS2(=O)=O)ccc1F)c1cccc(O)c1. The minimum Gasteiger partial charge on any atom is -0.508 e. The normalized spacial score (nSPS) is 17.6. The van der Waals surface area contributed by atoms with Crippen LogP contribution in [-0.2, 0) is 15.6 Å². The summed E-state index contributed by atoms with van der Waals surface area (Å²) in [5.74, 6) is -0.745. The molecule has 0 bridgehead atoms. The monoisotopic (exact) mass is 423 g/mol. The van der Waals surface area contributed by atoms with Gasteiger partial charge in [-0.05, 0) is 49.2 Å². The van der Waals surface area contributed by atoms with Crippen LogP contribution in [0.15, 0.2) is 42.5 Å². The molecule has 1 unspecified atom stereocenters. The Morgan fingerprint density at radius 1 is 1.28 bits per heavy atom. The van der Waals surface area contributed by atoms with Gasteiger partial charge in [0.2, 0.25) is 10.0 Å². The molecule has 1 aliphatic heterocycles. The number of benzene rings is 2. The third kappa shape index (κ3) is 4.43. The van der Waals surface area contributed by atoms with Gasteiger partial charge in [-0.3, -0.25) is 4.31 Å². The zero-order valence-electron chi connectivity index (χ0n) is 15.7. The number of hydrogen-bond donors (Lipinski definition) is 4. The molecule has 0 aromatic heterocycles. The third-order valence-corrected chi connectivity index (χ3v) is 6.64. The number of aliphatic hydroxyl groups excluding tert-OH is 1. The molecule has 2 aromatic carbocycles. The molecule has 156 valence electrons. The lowest BCUT2D eigenvalue weighted by molar-refractivity contribution is 0.176. The zero-order chi connectivity index (χ0) is 21.2. The molecular weight excluding hydrogens is 401 g/mol. The van der Waals surface area contributed by atoms with Crippen molar-refractivity contribution in [3.8, 4) is 5.75 Å². The number of hydrogen-bond acceptors (Lipinski definition) is 5. The third-order valence-electron chi connectivity index (χ3n) is 4.77. The number of rotatable bonds is 5. The topological polar surface area (TPSA) is 119 Å². The van der Waals surface area contributed by atoms with E-state index in [1.807, 2.05) is 0 Å². The average molecular weight is 423 g/mol. The molecule has 2 amide bonds. The van der Waals surface area contributed by atoms with Gasteiger partial charge in [0.25, 0.3) is 0 Å². The molecular formula is C19H22FN3O5S. The number of aliphatic hydroxyl groups is 1. The number of halogens is 1. The van der Waals surface area contributed by atoms with Crippen LogP contribution in [-0.4, -0.2) is 43.6 Å². The largest absolute Gasteiger partial charge is 0.508 e. The molecule has 10 heteroatoms. The van der Waals surface area contributed by atoms with Gasteiger partial charge in [-0.1, -0.05) is 12.1 Å². The van der Waals surface area contributed by atoms with Crippen LogP contribution >= 0.6 is 0 Å². The number of phenols is 1. The summed E-state index contributed by atoms with van der Waals surface area (Å²) in [5.41, 5.74) is -0.724. The molecule has 1 heterocycles. The Hall–Kier alpha value is -2.85. The molecule has 8 nitrogen and oxygen atoms in total. The highest BCUT2D eigenvalue weighted by molar-refractivity contribution is 7.93. The van der Waals surface area contributed by atoms with E-state index in [1.165, 1.54) is 28.6 Å². The number of anilines is 2. The van der Waals surface area contributed by atoms with Crippen molar-refractivity contribution in [1.82, 2.24) is 5.32 Å². The molecule has 0 radical (unpaired) electrons. The van der Waals surface area contributed by atoms with Crippen LogP contribution in [0.1, 0.15) is 18.9 Å². The van der Waals surface area contributed by atoms with Crippen molar-refractivity contribution in [2.75, 3.05) is 28.5 Å². The van der Waals surface area contributed by atoms with Gasteiger partial charge in [-0.15, -0.1) is 0 Å². The van der Waals surface area contributed by atoms with Crippen LogP contribution < -0.4 is 14.9 Å². The Morgan fingerprint density at radius 3 is 2.66 bits per heavy atom. The average Bonchev–Trinajstić information content (AvgIpc) is 3.02. The van der Waals surface area contributed by atoms with Crippen molar-refractivity contribution in [2.45, 2.75) is 18.9 Å². The van der Waals surface area contributed by atoms with Crippen molar-refractivity contribution in [1.29, 1.82) is 0 Å². The van der Waals surface area contributed by atoms with Crippen LogP contribution in [0.2, 0.25) is 0 Å². The maximum absolute atomic E-state index is 14.2. The number of sulfonamides is 1. The Morgan fingerprint density at radius 2 is 2.03 bits per heavy atom. The van der Waals surface area contributed by atoms with Crippen LogP contribution in [0.4, 0.5) is 20.6 Å². The fourth-order valence-electron chi connectivity index (χ4n) is 3.15. The van der Waals surface area contributed by atoms with Gasteiger partial charge in [0.05, 0.1) is 29.3 Å². The molecule has 2 aromatic rings. The van der Waals surface area contributed by atoms with Crippen molar-refractivity contribution >= 4 is 27.4 Å². The van der Waals surface area contributed by atoms with E-state index < -0.39 is 34.0 Å². The number of phenolic OH excluding ortho intramolecular Hbond substituents is 1. The Labute approximate surface area is 168 Å². The first-order valence-electron chi connectivity index (χ1n) is 8.94. The summed E-state index contributed by atoms with van der Waals surface area (Å²) in [6, 6.07) is 8.91. The number of carbonyl (C=O) groups excluding carboxylic acids is 1. The van der Waals surface area contributed by atoms with E-state index in [-0.39, 0.29) is 22.9 Å². The van der Waals surface area contributed by atoms with Gasteiger partial charge in [-0.2, -0.15) is 0 Å². The number of aromatic hydroxyl groups is 1. The van der Waals surface area contributed by atoms with Crippen molar-refractivity contribution in [3.05, 3.63) is 53.8 Å². The highest BCUT2D eigenvalue weighted by Gasteiger charge is 2.30. The smallest absolute Gasteiger partial charge is 0.320 e. The van der Waals surface area contributed by atoms with Gasteiger partial charge in [0, 0.05) is 6.54 Å². The molecule has 1 saturated heterocycles. The van der Waals surface area contributed by atoms with Gasteiger partial charge < -0.3 is 20.8 Å². The number of nitrogens with zero attached hydrogens (tertiary/aromatic N) is 1. The van der Waals surface area contributed by atoms with E-state index in [1.54, 1.807) is 19.1 Å². The number of amides is 2. The lowest BCUT2D eigenvalue weighted by Crippen LogP contribution is -2.48. The fourth-order valence-corrected chi connectivity index (χ4v) is 4.71. The molecule has 3 rings (SSSR count). The summed E-state index contributed by atoms with van der Waals surface area (Å²) >= 11 is 0. The summed E-state index contributed by atoms with van der Waals surface area (Å²) in [5, 5.41) is 24.3. The first-order valence-corrected chi connectivity index (χ1v) is 10.5. The predicted octanol–water partition coefficient (Wildman–Crippen LogP) is 2.10. The van der Waals surface area contributed by atoms with E-state index in [2.05, 4.69) is 10.6 Å². The summed E-state index contributed by atoms with van der Waals surface area (Å²) in [7, 11) is -3.45. The predicted molar refractivity (Wildman–Crippen MR) is 107 cm³/mol.